The van der Waals surface area contributed by atoms with E-state index in [1.54, 1.807) is 0 Å². The number of nitrogens with one attached hydrogen (secondary N) is 1. The maximum Gasteiger partial charge on any atom is 0.407 e. The lowest BCUT2D eigenvalue weighted by atomic mass is 9.55. The van der Waals surface area contributed by atoms with Gasteiger partial charge in [0, 0.05) is 6.04 Å². The van der Waals surface area contributed by atoms with Gasteiger partial charge in [-0.25, -0.2) is 4.79 Å². The van der Waals surface area contributed by atoms with Crippen LogP contribution in [-0.2, 0) is 16.1 Å². The largest absolute Gasteiger partial charge is 0.481 e. The van der Waals surface area contributed by atoms with E-state index in [1.807, 2.05) is 37.3 Å². The van der Waals surface area contributed by atoms with Crippen LogP contribution >= 0.6 is 0 Å². The van der Waals surface area contributed by atoms with Gasteiger partial charge in [-0.3, -0.25) is 4.79 Å². The molecule has 0 radical (unpaired) electrons. The molecule has 3 fully saturated rings. The van der Waals surface area contributed by atoms with Crippen LogP contribution in [-0.4, -0.2) is 23.2 Å². The lowest BCUT2D eigenvalue weighted by Crippen LogP contribution is -2.55. The molecule has 4 atom stereocenters. The van der Waals surface area contributed by atoms with Crippen molar-refractivity contribution < 1.29 is 19.4 Å². The van der Waals surface area contributed by atoms with E-state index >= 15 is 0 Å². The smallest absolute Gasteiger partial charge is 0.407 e. The fraction of sp³-hybridized carbons (Fsp3) is 0.556. The summed E-state index contributed by atoms with van der Waals surface area (Å²) in [5.74, 6) is -0.355. The number of benzene rings is 1. The molecule has 3 aliphatic carbocycles. The molecule has 4 unspecified atom stereocenters. The molecular formula is C18H23NO4. The molecule has 0 aliphatic heterocycles. The van der Waals surface area contributed by atoms with Crippen molar-refractivity contribution in [3.63, 3.8) is 0 Å². The van der Waals surface area contributed by atoms with Crippen LogP contribution in [0.5, 0.6) is 0 Å². The van der Waals surface area contributed by atoms with Crippen LogP contribution in [0.4, 0.5) is 4.79 Å². The van der Waals surface area contributed by atoms with E-state index in [0.29, 0.717) is 6.42 Å². The molecule has 1 aromatic rings. The van der Waals surface area contributed by atoms with Crippen LogP contribution in [0.15, 0.2) is 30.3 Å². The molecule has 1 aromatic carbocycles. The molecular weight excluding hydrogens is 294 g/mol. The number of carboxylic acid groups (broad SMARTS) is 1. The van der Waals surface area contributed by atoms with Crippen molar-refractivity contribution in [2.24, 2.45) is 17.3 Å². The minimum atomic E-state index is -0.711. The molecule has 3 saturated carbocycles. The van der Waals surface area contributed by atoms with E-state index in [-0.39, 0.29) is 24.5 Å². The van der Waals surface area contributed by atoms with Gasteiger partial charge in [-0.2, -0.15) is 0 Å². The van der Waals surface area contributed by atoms with E-state index in [2.05, 4.69) is 5.32 Å². The summed E-state index contributed by atoms with van der Waals surface area (Å²) in [7, 11) is 0. The van der Waals surface area contributed by atoms with Crippen molar-refractivity contribution in [3.05, 3.63) is 35.9 Å². The Morgan fingerprint density at radius 3 is 2.65 bits per heavy atom. The zero-order valence-electron chi connectivity index (χ0n) is 13.3. The molecule has 1 amide bonds. The van der Waals surface area contributed by atoms with Gasteiger partial charge in [0.1, 0.15) is 6.61 Å². The van der Waals surface area contributed by atoms with Gasteiger partial charge in [0.05, 0.1) is 5.41 Å². The summed E-state index contributed by atoms with van der Waals surface area (Å²) >= 11 is 0. The Morgan fingerprint density at radius 1 is 1.30 bits per heavy atom. The third kappa shape index (κ3) is 3.19. The molecule has 0 saturated heterocycles. The molecule has 2 bridgehead atoms. The van der Waals surface area contributed by atoms with E-state index < -0.39 is 17.5 Å². The van der Waals surface area contributed by atoms with Crippen LogP contribution in [0, 0.1) is 17.3 Å². The number of amides is 1. The fourth-order valence-electron chi connectivity index (χ4n) is 4.12. The fourth-order valence-corrected chi connectivity index (χ4v) is 4.12. The number of fused-ring (bicyclic) bond motifs is 3. The molecule has 23 heavy (non-hydrogen) atoms. The van der Waals surface area contributed by atoms with Crippen LogP contribution < -0.4 is 5.32 Å². The van der Waals surface area contributed by atoms with Gasteiger partial charge in [-0.1, -0.05) is 30.3 Å². The van der Waals surface area contributed by atoms with Crippen molar-refractivity contribution >= 4 is 12.1 Å². The van der Waals surface area contributed by atoms with Crippen LogP contribution in [0.1, 0.15) is 38.2 Å². The standard InChI is InChI=1S/C18H23NO4/c1-18(16(20)21)10-13-7-8-14(18)9-15(13)19-17(22)23-11-12-5-3-2-4-6-12/h2-6,13-15H,7-11H2,1H3,(H,19,22)(H,20,21). The summed E-state index contributed by atoms with van der Waals surface area (Å²) in [6, 6.07) is 9.58. The van der Waals surface area contributed by atoms with Crippen molar-refractivity contribution in [3.8, 4) is 0 Å². The maximum atomic E-state index is 12.0. The molecule has 5 nitrogen and oxygen atoms in total. The van der Waals surface area contributed by atoms with Gasteiger partial charge >= 0.3 is 12.1 Å². The Hall–Kier alpha value is -2.04. The van der Waals surface area contributed by atoms with Crippen molar-refractivity contribution in [2.75, 3.05) is 0 Å². The summed E-state index contributed by atoms with van der Waals surface area (Å²) in [4.78, 5) is 23.5. The number of aliphatic carboxylic acids is 1. The number of ether oxygens (including phenoxy) is 1. The van der Waals surface area contributed by atoms with E-state index in [9.17, 15) is 14.7 Å². The van der Waals surface area contributed by atoms with Crippen LogP contribution in [0.2, 0.25) is 0 Å². The molecule has 4 rings (SSSR count). The zero-order chi connectivity index (χ0) is 16.4. The minimum Gasteiger partial charge on any atom is -0.481 e. The highest BCUT2D eigenvalue weighted by Crippen LogP contribution is 2.52. The Balaban J connectivity index is 1.54. The number of carboxylic acids is 1. The highest BCUT2D eigenvalue weighted by Gasteiger charge is 2.53. The first-order chi connectivity index (χ1) is 11.0. The Kier molecular flexibility index (Phi) is 4.28. The van der Waals surface area contributed by atoms with Crippen molar-refractivity contribution in [1.82, 2.24) is 5.32 Å². The molecule has 0 spiro atoms. The Morgan fingerprint density at radius 2 is 2.04 bits per heavy atom. The Bertz CT molecular complexity index is 588. The third-order valence-electron chi connectivity index (χ3n) is 5.59. The van der Waals surface area contributed by atoms with Gasteiger partial charge in [0.15, 0.2) is 0 Å². The highest BCUT2D eigenvalue weighted by molar-refractivity contribution is 5.75. The monoisotopic (exact) mass is 317 g/mol. The lowest BCUT2D eigenvalue weighted by molar-refractivity contribution is -0.159. The predicted octanol–water partition coefficient (Wildman–Crippen LogP) is 3.19. The predicted molar refractivity (Wildman–Crippen MR) is 84.7 cm³/mol. The molecule has 3 aliphatic rings. The Labute approximate surface area is 136 Å². The second-order valence-corrected chi connectivity index (χ2v) is 7.01. The lowest BCUT2D eigenvalue weighted by Gasteiger charge is -2.51. The number of hydrogen-bond donors (Lipinski definition) is 2. The van der Waals surface area contributed by atoms with Crippen molar-refractivity contribution in [2.45, 2.75) is 45.3 Å². The second kappa shape index (κ2) is 6.22. The topological polar surface area (TPSA) is 75.6 Å². The van der Waals surface area contributed by atoms with Crippen LogP contribution in [0.25, 0.3) is 0 Å². The first kappa shape index (κ1) is 15.8. The van der Waals surface area contributed by atoms with Gasteiger partial charge in [-0.15, -0.1) is 0 Å². The van der Waals surface area contributed by atoms with Gasteiger partial charge in [-0.05, 0) is 50.0 Å². The molecule has 0 heterocycles. The summed E-state index contributed by atoms with van der Waals surface area (Å²) < 4.78 is 5.27. The molecule has 2 N–H and O–H groups in total. The van der Waals surface area contributed by atoms with Gasteiger partial charge in [0.25, 0.3) is 0 Å². The molecule has 124 valence electrons. The number of alkyl carbamates (subject to hydrolysis) is 1. The molecule has 5 heteroatoms. The SMILES string of the molecule is CC1(C(=O)O)CC2CCC1CC2NC(=O)OCc1ccccc1. The number of hydrogen-bond acceptors (Lipinski definition) is 3. The summed E-state index contributed by atoms with van der Waals surface area (Å²) in [6.07, 6.45) is 2.87. The first-order valence-electron chi connectivity index (χ1n) is 8.19. The number of carbonyl (C=O) groups excluding carboxylic acids is 1. The van der Waals surface area contributed by atoms with E-state index in [0.717, 1.165) is 24.8 Å². The zero-order valence-corrected chi connectivity index (χ0v) is 13.3. The van der Waals surface area contributed by atoms with E-state index in [4.69, 9.17) is 4.74 Å². The molecule has 0 aromatic heterocycles. The number of carbonyl (C=O) groups is 2. The van der Waals surface area contributed by atoms with Gasteiger partial charge < -0.3 is 15.2 Å². The van der Waals surface area contributed by atoms with Crippen molar-refractivity contribution in [1.29, 1.82) is 0 Å². The number of rotatable bonds is 4. The average Bonchev–Trinajstić information content (AvgIpc) is 2.55. The summed E-state index contributed by atoms with van der Waals surface area (Å²) in [5.41, 5.74) is 0.306. The van der Waals surface area contributed by atoms with E-state index in [1.165, 1.54) is 0 Å². The summed E-state index contributed by atoms with van der Waals surface area (Å²) in [5, 5.41) is 12.4. The maximum absolute atomic E-state index is 12.0. The summed E-state index contributed by atoms with van der Waals surface area (Å²) in [6.45, 7) is 2.09. The quantitative estimate of drug-likeness (QED) is 0.894. The average molecular weight is 317 g/mol. The third-order valence-corrected chi connectivity index (χ3v) is 5.59. The first-order valence-corrected chi connectivity index (χ1v) is 8.19. The normalized spacial score (nSPS) is 32.3. The van der Waals surface area contributed by atoms with Gasteiger partial charge in [0.2, 0.25) is 0 Å². The highest BCUT2D eigenvalue weighted by atomic mass is 16.5. The second-order valence-electron chi connectivity index (χ2n) is 7.01. The minimum absolute atomic E-state index is 0.0319. The van der Waals surface area contributed by atoms with Crippen LogP contribution in [0.3, 0.4) is 0 Å².